The number of rotatable bonds is 6. The lowest BCUT2D eigenvalue weighted by atomic mass is 10.1. The molecule has 0 saturated heterocycles. The molecule has 28 heavy (non-hydrogen) atoms. The van der Waals surface area contributed by atoms with Crippen LogP contribution in [0.5, 0.6) is 5.75 Å². The Balaban J connectivity index is 1.85. The largest absolute Gasteiger partial charge is 0.497 e. The number of hydrogen-bond acceptors (Lipinski definition) is 5. The van der Waals surface area contributed by atoms with Gasteiger partial charge in [0.15, 0.2) is 9.84 Å². The molecule has 0 aliphatic rings. The van der Waals surface area contributed by atoms with E-state index in [0.717, 1.165) is 17.0 Å². The normalized spacial score (nSPS) is 13.4. The standard InChI is InChI=1S/C20H21NO5S2/c1-14(15-5-9-19(10-6-15)27(3,22)23)21-28(24,25)20-11-7-16-12-18(26-2)8-4-17(16)13-20/h4-14,21H,1-3H3/t14-/m1/s1. The Bertz CT molecular complexity index is 1220. The maximum absolute atomic E-state index is 12.8. The third kappa shape index (κ3) is 4.35. The minimum Gasteiger partial charge on any atom is -0.497 e. The van der Waals surface area contributed by atoms with Crippen LogP contribution in [0.4, 0.5) is 0 Å². The van der Waals surface area contributed by atoms with Crippen LogP contribution in [0.1, 0.15) is 18.5 Å². The maximum atomic E-state index is 12.8. The number of hydrogen-bond donors (Lipinski definition) is 1. The van der Waals surface area contributed by atoms with Crippen molar-refractivity contribution in [3.63, 3.8) is 0 Å². The Kier molecular flexibility index (Phi) is 5.47. The molecular weight excluding hydrogens is 398 g/mol. The van der Waals surface area contributed by atoms with E-state index in [2.05, 4.69) is 4.72 Å². The highest BCUT2D eigenvalue weighted by Gasteiger charge is 2.19. The molecule has 0 bridgehead atoms. The van der Waals surface area contributed by atoms with Crippen molar-refractivity contribution in [2.45, 2.75) is 22.8 Å². The predicted octanol–water partition coefficient (Wildman–Crippen LogP) is 3.29. The Labute approximate surface area is 165 Å². The van der Waals surface area contributed by atoms with Gasteiger partial charge in [0.05, 0.1) is 16.9 Å². The Morgan fingerprint density at radius 1 is 0.821 bits per heavy atom. The van der Waals surface area contributed by atoms with Crippen molar-refractivity contribution < 1.29 is 21.6 Å². The van der Waals surface area contributed by atoms with Crippen LogP contribution in [-0.4, -0.2) is 30.2 Å². The summed E-state index contributed by atoms with van der Waals surface area (Å²) in [4.78, 5) is 0.348. The first kappa shape index (κ1) is 20.3. The van der Waals surface area contributed by atoms with Crippen LogP contribution in [0.2, 0.25) is 0 Å². The highest BCUT2D eigenvalue weighted by Crippen LogP contribution is 2.25. The van der Waals surface area contributed by atoms with Crippen LogP contribution in [0, 0.1) is 0 Å². The van der Waals surface area contributed by atoms with Gasteiger partial charge in [-0.15, -0.1) is 0 Å². The van der Waals surface area contributed by atoms with Gasteiger partial charge in [-0.3, -0.25) is 0 Å². The molecule has 0 aromatic heterocycles. The van der Waals surface area contributed by atoms with E-state index in [1.54, 1.807) is 56.5 Å². The van der Waals surface area contributed by atoms with Gasteiger partial charge >= 0.3 is 0 Å². The lowest BCUT2D eigenvalue weighted by Crippen LogP contribution is -2.26. The molecule has 148 valence electrons. The summed E-state index contributed by atoms with van der Waals surface area (Å²) in [5.41, 5.74) is 0.668. The second-order valence-electron chi connectivity index (χ2n) is 6.56. The Hall–Kier alpha value is -2.42. The summed E-state index contributed by atoms with van der Waals surface area (Å²) in [6, 6.07) is 15.9. The summed E-state index contributed by atoms with van der Waals surface area (Å²) < 4.78 is 56.5. The number of sulfone groups is 1. The maximum Gasteiger partial charge on any atom is 0.241 e. The lowest BCUT2D eigenvalue weighted by molar-refractivity contribution is 0.415. The second-order valence-corrected chi connectivity index (χ2v) is 10.3. The van der Waals surface area contributed by atoms with Gasteiger partial charge in [-0.1, -0.05) is 24.3 Å². The summed E-state index contributed by atoms with van der Waals surface area (Å²) in [5.74, 6) is 0.701. The molecule has 0 saturated carbocycles. The Morgan fingerprint density at radius 2 is 1.39 bits per heavy atom. The molecule has 1 atom stereocenters. The summed E-state index contributed by atoms with van der Waals surface area (Å²) in [5, 5.41) is 1.66. The zero-order valence-electron chi connectivity index (χ0n) is 15.7. The van der Waals surface area contributed by atoms with Crippen LogP contribution in [-0.2, 0) is 19.9 Å². The number of sulfonamides is 1. The zero-order chi connectivity index (χ0) is 20.5. The summed E-state index contributed by atoms with van der Waals surface area (Å²) in [6.07, 6.45) is 1.13. The van der Waals surface area contributed by atoms with Crippen molar-refractivity contribution >= 4 is 30.6 Å². The number of ether oxygens (including phenoxy) is 1. The molecule has 3 aromatic carbocycles. The molecule has 1 N–H and O–H groups in total. The topological polar surface area (TPSA) is 89.5 Å². The van der Waals surface area contributed by atoms with Crippen molar-refractivity contribution in [1.82, 2.24) is 4.72 Å². The average Bonchev–Trinajstić information content (AvgIpc) is 2.66. The highest BCUT2D eigenvalue weighted by molar-refractivity contribution is 7.90. The number of fused-ring (bicyclic) bond motifs is 1. The van der Waals surface area contributed by atoms with Gasteiger partial charge in [0, 0.05) is 12.3 Å². The van der Waals surface area contributed by atoms with Gasteiger partial charge in [-0.05, 0) is 59.7 Å². The number of nitrogens with one attached hydrogen (secondary N) is 1. The molecule has 6 nitrogen and oxygen atoms in total. The van der Waals surface area contributed by atoms with Gasteiger partial charge in [-0.25, -0.2) is 21.6 Å². The van der Waals surface area contributed by atoms with Gasteiger partial charge < -0.3 is 4.74 Å². The first-order valence-electron chi connectivity index (χ1n) is 8.50. The van der Waals surface area contributed by atoms with Gasteiger partial charge in [0.25, 0.3) is 0 Å². The van der Waals surface area contributed by atoms with Crippen LogP contribution < -0.4 is 9.46 Å². The van der Waals surface area contributed by atoms with E-state index in [1.165, 1.54) is 12.1 Å². The van der Waals surface area contributed by atoms with Gasteiger partial charge in [-0.2, -0.15) is 0 Å². The summed E-state index contributed by atoms with van der Waals surface area (Å²) in [7, 11) is -5.47. The lowest BCUT2D eigenvalue weighted by Gasteiger charge is -2.15. The smallest absolute Gasteiger partial charge is 0.241 e. The molecule has 0 aliphatic carbocycles. The molecule has 0 heterocycles. The molecule has 0 amide bonds. The van der Waals surface area contributed by atoms with Crippen molar-refractivity contribution in [2.75, 3.05) is 13.4 Å². The number of methoxy groups -OCH3 is 1. The van der Waals surface area contributed by atoms with Crippen LogP contribution >= 0.6 is 0 Å². The molecule has 3 aromatic rings. The quantitative estimate of drug-likeness (QED) is 0.662. The first-order valence-corrected chi connectivity index (χ1v) is 11.9. The zero-order valence-corrected chi connectivity index (χ0v) is 17.3. The third-order valence-electron chi connectivity index (χ3n) is 4.47. The molecule has 0 unspecified atom stereocenters. The second kappa shape index (κ2) is 7.54. The third-order valence-corrected chi connectivity index (χ3v) is 7.14. The molecule has 0 spiro atoms. The van der Waals surface area contributed by atoms with E-state index in [4.69, 9.17) is 4.74 Å². The fourth-order valence-electron chi connectivity index (χ4n) is 2.87. The van der Waals surface area contributed by atoms with Crippen LogP contribution in [0.25, 0.3) is 10.8 Å². The van der Waals surface area contributed by atoms with E-state index >= 15 is 0 Å². The summed E-state index contributed by atoms with van der Waals surface area (Å²) >= 11 is 0. The van der Waals surface area contributed by atoms with Crippen molar-refractivity contribution in [3.05, 3.63) is 66.2 Å². The molecule has 0 radical (unpaired) electrons. The van der Waals surface area contributed by atoms with Crippen molar-refractivity contribution in [1.29, 1.82) is 0 Å². The predicted molar refractivity (Wildman–Crippen MR) is 109 cm³/mol. The van der Waals surface area contributed by atoms with Crippen LogP contribution in [0.3, 0.4) is 0 Å². The van der Waals surface area contributed by atoms with E-state index in [9.17, 15) is 16.8 Å². The molecule has 8 heteroatoms. The molecular formula is C20H21NO5S2. The van der Waals surface area contributed by atoms with Gasteiger partial charge in [0.1, 0.15) is 5.75 Å². The van der Waals surface area contributed by atoms with E-state index in [-0.39, 0.29) is 9.79 Å². The molecule has 0 fully saturated rings. The summed E-state index contributed by atoms with van der Waals surface area (Å²) in [6.45, 7) is 1.71. The Morgan fingerprint density at radius 3 is 2.00 bits per heavy atom. The molecule has 3 rings (SSSR count). The fourth-order valence-corrected chi connectivity index (χ4v) is 4.77. The van der Waals surface area contributed by atoms with Crippen molar-refractivity contribution in [3.8, 4) is 5.75 Å². The van der Waals surface area contributed by atoms with E-state index < -0.39 is 25.9 Å². The average molecular weight is 420 g/mol. The number of benzene rings is 3. The highest BCUT2D eigenvalue weighted by atomic mass is 32.2. The minimum absolute atomic E-state index is 0.157. The first-order chi connectivity index (χ1) is 13.1. The van der Waals surface area contributed by atoms with Gasteiger partial charge in [0.2, 0.25) is 10.0 Å². The van der Waals surface area contributed by atoms with Crippen molar-refractivity contribution in [2.24, 2.45) is 0 Å². The SMILES string of the molecule is COc1ccc2cc(S(=O)(=O)N[C@H](C)c3ccc(S(C)(=O)=O)cc3)ccc2c1. The van der Waals surface area contributed by atoms with E-state index in [0.29, 0.717) is 11.3 Å². The van der Waals surface area contributed by atoms with E-state index in [1.807, 2.05) is 6.07 Å². The minimum atomic E-state index is -3.75. The monoisotopic (exact) mass is 419 g/mol. The fraction of sp³-hybridized carbons (Fsp3) is 0.200. The van der Waals surface area contributed by atoms with Crippen LogP contribution in [0.15, 0.2) is 70.5 Å². The molecule has 0 aliphatic heterocycles.